The Balaban J connectivity index is 2.16. The molecule has 1 aliphatic rings. The average molecular weight is 205 g/mol. The molecule has 1 aromatic carbocycles. The van der Waals surface area contributed by atoms with Crippen LogP contribution in [-0.4, -0.2) is 25.7 Å². The summed E-state index contributed by atoms with van der Waals surface area (Å²) < 4.78 is 10.8. The number of hydrogen-bond acceptors (Lipinski definition) is 3. The van der Waals surface area contributed by atoms with Crippen molar-refractivity contribution in [3.8, 4) is 0 Å². The van der Waals surface area contributed by atoms with Crippen molar-refractivity contribution in [2.75, 3.05) is 13.7 Å². The van der Waals surface area contributed by atoms with Crippen LogP contribution in [0.15, 0.2) is 35.3 Å². The van der Waals surface area contributed by atoms with Crippen molar-refractivity contribution in [1.82, 2.24) is 0 Å². The van der Waals surface area contributed by atoms with Crippen molar-refractivity contribution < 1.29 is 9.47 Å². The summed E-state index contributed by atoms with van der Waals surface area (Å²) in [5, 5.41) is 0. The molecule has 3 nitrogen and oxygen atoms in total. The smallest absolute Gasteiger partial charge is 0.181 e. The van der Waals surface area contributed by atoms with Crippen molar-refractivity contribution in [3.63, 3.8) is 0 Å². The van der Waals surface area contributed by atoms with E-state index < -0.39 is 0 Å². The Morgan fingerprint density at radius 2 is 2.07 bits per heavy atom. The zero-order valence-electron chi connectivity index (χ0n) is 9.01. The van der Waals surface area contributed by atoms with E-state index in [-0.39, 0.29) is 12.1 Å². The van der Waals surface area contributed by atoms with Crippen LogP contribution in [0.5, 0.6) is 0 Å². The fraction of sp³-hybridized carbons (Fsp3) is 0.417. The van der Waals surface area contributed by atoms with E-state index in [0.29, 0.717) is 6.61 Å². The minimum absolute atomic E-state index is 0.00569. The van der Waals surface area contributed by atoms with Crippen LogP contribution >= 0.6 is 0 Å². The molecular formula is C12H15NO2. The second-order valence-electron chi connectivity index (χ2n) is 3.62. The number of hydrogen-bond donors (Lipinski definition) is 0. The van der Waals surface area contributed by atoms with Gasteiger partial charge in [0.05, 0.1) is 6.61 Å². The summed E-state index contributed by atoms with van der Waals surface area (Å²) in [5.41, 5.74) is 1.15. The van der Waals surface area contributed by atoms with Crippen LogP contribution in [-0.2, 0) is 9.47 Å². The standard InChI is InChI=1S/C12H15NO2/c1-9-13-11(8-14-2)12(15-9)10-6-4-3-5-7-10/h3-7,11-12H,8H2,1-2H3/t11-,12-/m0/s1. The van der Waals surface area contributed by atoms with E-state index in [4.69, 9.17) is 9.47 Å². The van der Waals surface area contributed by atoms with E-state index in [1.807, 2.05) is 25.1 Å². The summed E-state index contributed by atoms with van der Waals surface area (Å²) in [6.45, 7) is 2.47. The molecule has 0 unspecified atom stereocenters. The van der Waals surface area contributed by atoms with Crippen molar-refractivity contribution in [2.45, 2.75) is 19.1 Å². The van der Waals surface area contributed by atoms with E-state index in [1.165, 1.54) is 0 Å². The Morgan fingerprint density at radius 3 is 2.73 bits per heavy atom. The van der Waals surface area contributed by atoms with Gasteiger partial charge in [-0.25, -0.2) is 4.99 Å². The van der Waals surface area contributed by atoms with E-state index in [9.17, 15) is 0 Å². The van der Waals surface area contributed by atoms with Crippen LogP contribution in [0, 0.1) is 0 Å². The van der Waals surface area contributed by atoms with Gasteiger partial charge in [-0.3, -0.25) is 0 Å². The molecular weight excluding hydrogens is 190 g/mol. The quantitative estimate of drug-likeness (QED) is 0.757. The molecule has 80 valence electrons. The maximum Gasteiger partial charge on any atom is 0.181 e. The monoisotopic (exact) mass is 205 g/mol. The molecule has 0 spiro atoms. The number of benzene rings is 1. The van der Waals surface area contributed by atoms with Crippen LogP contribution in [0.2, 0.25) is 0 Å². The molecule has 2 rings (SSSR count). The highest BCUT2D eigenvalue weighted by molar-refractivity contribution is 5.75. The molecule has 1 heterocycles. The predicted octanol–water partition coefficient (Wildman–Crippen LogP) is 2.19. The molecule has 3 heteroatoms. The molecule has 1 aromatic rings. The third kappa shape index (κ3) is 2.18. The van der Waals surface area contributed by atoms with Gasteiger partial charge in [-0.15, -0.1) is 0 Å². The molecule has 0 fully saturated rings. The second kappa shape index (κ2) is 4.45. The lowest BCUT2D eigenvalue weighted by Crippen LogP contribution is -2.19. The summed E-state index contributed by atoms with van der Waals surface area (Å²) in [6, 6.07) is 10.2. The molecule has 0 saturated heterocycles. The van der Waals surface area contributed by atoms with Crippen molar-refractivity contribution in [2.24, 2.45) is 4.99 Å². The molecule has 2 atom stereocenters. The van der Waals surface area contributed by atoms with E-state index in [0.717, 1.165) is 11.5 Å². The van der Waals surface area contributed by atoms with Gasteiger partial charge in [0.2, 0.25) is 0 Å². The van der Waals surface area contributed by atoms with Gasteiger partial charge in [-0.2, -0.15) is 0 Å². The first-order valence-electron chi connectivity index (χ1n) is 5.06. The Bertz CT molecular complexity index is 348. The predicted molar refractivity (Wildman–Crippen MR) is 59.0 cm³/mol. The Morgan fingerprint density at radius 1 is 1.33 bits per heavy atom. The average Bonchev–Trinajstić information content (AvgIpc) is 2.62. The zero-order chi connectivity index (χ0) is 10.7. The van der Waals surface area contributed by atoms with Crippen LogP contribution < -0.4 is 0 Å². The summed E-state index contributed by atoms with van der Waals surface area (Å²) in [4.78, 5) is 4.41. The number of ether oxygens (including phenoxy) is 2. The molecule has 15 heavy (non-hydrogen) atoms. The first-order chi connectivity index (χ1) is 7.31. The number of methoxy groups -OCH3 is 1. The van der Waals surface area contributed by atoms with Crippen molar-refractivity contribution in [1.29, 1.82) is 0 Å². The van der Waals surface area contributed by atoms with Gasteiger partial charge in [0, 0.05) is 14.0 Å². The van der Waals surface area contributed by atoms with Gasteiger partial charge in [0.1, 0.15) is 12.1 Å². The number of rotatable bonds is 3. The molecule has 0 radical (unpaired) electrons. The van der Waals surface area contributed by atoms with Crippen LogP contribution in [0.4, 0.5) is 0 Å². The van der Waals surface area contributed by atoms with Gasteiger partial charge < -0.3 is 9.47 Å². The lowest BCUT2D eigenvalue weighted by atomic mass is 10.0. The highest BCUT2D eigenvalue weighted by atomic mass is 16.5. The third-order valence-corrected chi connectivity index (χ3v) is 2.46. The summed E-state index contributed by atoms with van der Waals surface area (Å²) in [5.74, 6) is 0.742. The van der Waals surface area contributed by atoms with E-state index >= 15 is 0 Å². The van der Waals surface area contributed by atoms with Crippen LogP contribution in [0.25, 0.3) is 0 Å². The van der Waals surface area contributed by atoms with E-state index in [1.54, 1.807) is 7.11 Å². The molecule has 0 amide bonds. The van der Waals surface area contributed by atoms with Crippen LogP contribution in [0.1, 0.15) is 18.6 Å². The Hall–Kier alpha value is -1.35. The maximum atomic E-state index is 5.68. The largest absolute Gasteiger partial charge is 0.471 e. The molecule has 0 saturated carbocycles. The minimum atomic E-state index is 0.00569. The molecule has 1 aliphatic heterocycles. The second-order valence-corrected chi connectivity index (χ2v) is 3.62. The SMILES string of the molecule is COC[C@@H]1N=C(C)O[C@H]1c1ccccc1. The maximum absolute atomic E-state index is 5.68. The highest BCUT2D eigenvalue weighted by Gasteiger charge is 2.30. The van der Waals surface area contributed by atoms with Crippen molar-refractivity contribution in [3.05, 3.63) is 35.9 Å². The van der Waals surface area contributed by atoms with Gasteiger partial charge in [0.15, 0.2) is 5.90 Å². The third-order valence-electron chi connectivity index (χ3n) is 2.46. The fourth-order valence-corrected chi connectivity index (χ4v) is 1.82. The van der Waals surface area contributed by atoms with Gasteiger partial charge >= 0.3 is 0 Å². The normalized spacial score (nSPS) is 24.8. The lowest BCUT2D eigenvalue weighted by Gasteiger charge is -2.16. The Labute approximate surface area is 89.7 Å². The Kier molecular flexibility index (Phi) is 3.02. The molecule has 0 bridgehead atoms. The number of aliphatic imine (C=N–C) groups is 1. The molecule has 0 N–H and O–H groups in total. The topological polar surface area (TPSA) is 30.8 Å². The summed E-state index contributed by atoms with van der Waals surface area (Å²) in [7, 11) is 1.69. The van der Waals surface area contributed by atoms with Crippen molar-refractivity contribution >= 4 is 5.90 Å². The number of nitrogens with zero attached hydrogens (tertiary/aromatic N) is 1. The lowest BCUT2D eigenvalue weighted by molar-refractivity contribution is 0.119. The van der Waals surface area contributed by atoms with Crippen LogP contribution in [0.3, 0.4) is 0 Å². The minimum Gasteiger partial charge on any atom is -0.471 e. The molecule has 0 aromatic heterocycles. The summed E-state index contributed by atoms with van der Waals surface area (Å²) in [6.07, 6.45) is 0.00569. The van der Waals surface area contributed by atoms with Gasteiger partial charge in [-0.05, 0) is 5.56 Å². The van der Waals surface area contributed by atoms with Gasteiger partial charge in [-0.1, -0.05) is 30.3 Å². The van der Waals surface area contributed by atoms with Gasteiger partial charge in [0.25, 0.3) is 0 Å². The van der Waals surface area contributed by atoms with E-state index in [2.05, 4.69) is 17.1 Å². The highest BCUT2D eigenvalue weighted by Crippen LogP contribution is 2.28. The first kappa shape index (κ1) is 10.2. The first-order valence-corrected chi connectivity index (χ1v) is 5.06. The summed E-state index contributed by atoms with van der Waals surface area (Å²) >= 11 is 0. The fourth-order valence-electron chi connectivity index (χ4n) is 1.82. The molecule has 0 aliphatic carbocycles. The zero-order valence-corrected chi connectivity index (χ0v) is 9.01.